The molecule has 0 fully saturated rings. The fraction of sp³-hybridized carbons (Fsp3) is 0.269. The Kier molecular flexibility index (Phi) is 8.80. The van der Waals surface area contributed by atoms with Crippen molar-refractivity contribution in [1.29, 1.82) is 0 Å². The number of carbonyl (C=O) groups is 1. The first-order chi connectivity index (χ1) is 15.6. The van der Waals surface area contributed by atoms with Crippen LogP contribution in [-0.2, 0) is 4.79 Å². The van der Waals surface area contributed by atoms with Gasteiger partial charge in [0.2, 0.25) is 5.91 Å². The Hall–Kier alpha value is -3.67. The van der Waals surface area contributed by atoms with Gasteiger partial charge in [0.15, 0.2) is 0 Å². The zero-order valence-corrected chi connectivity index (χ0v) is 18.5. The van der Waals surface area contributed by atoms with E-state index in [0.717, 1.165) is 11.4 Å². The molecule has 2 N–H and O–H groups in total. The molecule has 0 radical (unpaired) electrons. The van der Waals surface area contributed by atoms with Crippen molar-refractivity contribution < 1.29 is 19.0 Å². The highest BCUT2D eigenvalue weighted by atomic mass is 16.5. The largest absolute Gasteiger partial charge is 0.491 e. The van der Waals surface area contributed by atoms with Crippen molar-refractivity contribution >= 4 is 17.3 Å². The van der Waals surface area contributed by atoms with Crippen LogP contribution in [0.1, 0.15) is 13.8 Å². The summed E-state index contributed by atoms with van der Waals surface area (Å²) in [6, 6.07) is 24.6. The highest BCUT2D eigenvalue weighted by molar-refractivity contribution is 5.95. The third-order valence-electron chi connectivity index (χ3n) is 4.38. The first kappa shape index (κ1) is 23.0. The molecule has 0 aliphatic rings. The summed E-state index contributed by atoms with van der Waals surface area (Å²) in [6.45, 7) is 5.75. The molecule has 0 saturated heterocycles. The second kappa shape index (κ2) is 12.2. The van der Waals surface area contributed by atoms with Crippen LogP contribution in [0.2, 0.25) is 0 Å². The number of hydrogen-bond donors (Lipinski definition) is 2. The van der Waals surface area contributed by atoms with Crippen molar-refractivity contribution in [2.75, 3.05) is 37.0 Å². The number of ether oxygens (including phenoxy) is 3. The first-order valence-electron chi connectivity index (χ1n) is 10.8. The van der Waals surface area contributed by atoms with Crippen molar-refractivity contribution in [3.8, 4) is 17.2 Å². The van der Waals surface area contributed by atoms with Crippen molar-refractivity contribution in [2.45, 2.75) is 13.8 Å². The van der Waals surface area contributed by atoms with Crippen molar-refractivity contribution in [3.63, 3.8) is 0 Å². The topological polar surface area (TPSA) is 68.8 Å². The second-order valence-electron chi connectivity index (χ2n) is 7.64. The molecular weight excluding hydrogens is 404 g/mol. The van der Waals surface area contributed by atoms with Crippen molar-refractivity contribution in [2.24, 2.45) is 5.92 Å². The molecule has 0 spiro atoms. The maximum absolute atomic E-state index is 12.4. The predicted octanol–water partition coefficient (Wildman–Crippen LogP) is 5.23. The third kappa shape index (κ3) is 7.87. The second-order valence-corrected chi connectivity index (χ2v) is 7.64. The maximum atomic E-state index is 12.4. The molecule has 0 unspecified atom stereocenters. The lowest BCUT2D eigenvalue weighted by molar-refractivity contribution is -0.114. The van der Waals surface area contributed by atoms with E-state index in [2.05, 4.69) is 24.5 Å². The lowest BCUT2D eigenvalue weighted by Crippen LogP contribution is -2.22. The highest BCUT2D eigenvalue weighted by Crippen LogP contribution is 2.24. The van der Waals surface area contributed by atoms with Gasteiger partial charge in [-0.2, -0.15) is 0 Å². The summed E-state index contributed by atoms with van der Waals surface area (Å²) in [6.07, 6.45) is 0. The number of para-hydroxylation sites is 3. The number of rotatable bonds is 12. The van der Waals surface area contributed by atoms with Crippen LogP contribution in [0.5, 0.6) is 17.2 Å². The molecule has 0 aliphatic carbocycles. The van der Waals surface area contributed by atoms with E-state index in [9.17, 15) is 4.79 Å². The smallest absolute Gasteiger partial charge is 0.243 e. The van der Waals surface area contributed by atoms with Gasteiger partial charge in [-0.25, -0.2) is 0 Å². The van der Waals surface area contributed by atoms with Crippen LogP contribution in [0.25, 0.3) is 0 Å². The van der Waals surface area contributed by atoms with Gasteiger partial charge in [0.25, 0.3) is 0 Å². The molecular formula is C26H30N2O4. The van der Waals surface area contributed by atoms with Gasteiger partial charge in [-0.1, -0.05) is 50.2 Å². The number of nitrogens with one attached hydrogen (secondary N) is 2. The molecule has 6 heteroatoms. The third-order valence-corrected chi connectivity index (χ3v) is 4.38. The van der Waals surface area contributed by atoms with Crippen LogP contribution in [-0.4, -0.2) is 32.3 Å². The van der Waals surface area contributed by atoms with Crippen LogP contribution in [0.4, 0.5) is 11.4 Å². The maximum Gasteiger partial charge on any atom is 0.243 e. The molecule has 1 amide bonds. The average molecular weight is 435 g/mol. The molecule has 6 nitrogen and oxygen atoms in total. The number of benzene rings is 3. The molecule has 3 aromatic rings. The average Bonchev–Trinajstić information content (AvgIpc) is 2.81. The standard InChI is InChI=1S/C26H30N2O4/c1-20(2)19-32-25-14-7-6-13-24(25)28-26(29)18-27-21-9-8-12-23(17-21)31-16-15-30-22-10-4-3-5-11-22/h3-14,17,20,27H,15-16,18-19H2,1-2H3,(H,28,29). The quantitative estimate of drug-likeness (QED) is 0.382. The van der Waals surface area contributed by atoms with E-state index in [0.29, 0.717) is 42.9 Å². The minimum absolute atomic E-state index is 0.124. The van der Waals surface area contributed by atoms with Crippen LogP contribution >= 0.6 is 0 Å². The van der Waals surface area contributed by atoms with E-state index in [-0.39, 0.29) is 12.5 Å². The fourth-order valence-electron chi connectivity index (χ4n) is 2.86. The van der Waals surface area contributed by atoms with Gasteiger partial charge >= 0.3 is 0 Å². The van der Waals surface area contributed by atoms with Crippen molar-refractivity contribution in [3.05, 3.63) is 78.9 Å². The summed E-state index contributed by atoms with van der Waals surface area (Å²) in [5.74, 6) is 2.43. The van der Waals surface area contributed by atoms with E-state index in [1.54, 1.807) is 0 Å². The van der Waals surface area contributed by atoms with Gasteiger partial charge in [-0.15, -0.1) is 0 Å². The molecule has 0 atom stereocenters. The molecule has 168 valence electrons. The minimum atomic E-state index is -0.159. The van der Waals surface area contributed by atoms with Crippen LogP contribution in [0.15, 0.2) is 78.9 Å². The summed E-state index contributed by atoms with van der Waals surface area (Å²) >= 11 is 0. The number of carbonyl (C=O) groups excluding carboxylic acids is 1. The lowest BCUT2D eigenvalue weighted by atomic mass is 10.2. The van der Waals surface area contributed by atoms with E-state index in [1.807, 2.05) is 78.9 Å². The summed E-state index contributed by atoms with van der Waals surface area (Å²) in [7, 11) is 0. The highest BCUT2D eigenvalue weighted by Gasteiger charge is 2.08. The molecule has 0 saturated carbocycles. The lowest BCUT2D eigenvalue weighted by Gasteiger charge is -2.14. The molecule has 3 aromatic carbocycles. The van der Waals surface area contributed by atoms with Gasteiger partial charge in [-0.05, 0) is 42.3 Å². The van der Waals surface area contributed by atoms with Gasteiger partial charge in [-0.3, -0.25) is 4.79 Å². The van der Waals surface area contributed by atoms with Gasteiger partial charge in [0.1, 0.15) is 30.5 Å². The van der Waals surface area contributed by atoms with Crippen LogP contribution in [0.3, 0.4) is 0 Å². The number of hydrogen-bond acceptors (Lipinski definition) is 5. The number of amides is 1. The molecule has 0 aliphatic heterocycles. The molecule has 32 heavy (non-hydrogen) atoms. The van der Waals surface area contributed by atoms with Gasteiger partial charge in [0, 0.05) is 11.8 Å². The number of anilines is 2. The molecule has 0 aromatic heterocycles. The van der Waals surface area contributed by atoms with E-state index >= 15 is 0 Å². The Bertz CT molecular complexity index is 976. The van der Waals surface area contributed by atoms with Gasteiger partial charge < -0.3 is 24.8 Å². The van der Waals surface area contributed by atoms with E-state index < -0.39 is 0 Å². The minimum Gasteiger partial charge on any atom is -0.491 e. The molecule has 0 heterocycles. The Morgan fingerprint density at radius 2 is 1.50 bits per heavy atom. The SMILES string of the molecule is CC(C)COc1ccccc1NC(=O)CNc1cccc(OCCOc2ccccc2)c1. The van der Waals surface area contributed by atoms with Crippen LogP contribution < -0.4 is 24.8 Å². The zero-order chi connectivity index (χ0) is 22.6. The van der Waals surface area contributed by atoms with Crippen LogP contribution in [0, 0.1) is 5.92 Å². The predicted molar refractivity (Wildman–Crippen MR) is 128 cm³/mol. The Morgan fingerprint density at radius 3 is 2.28 bits per heavy atom. The fourth-order valence-corrected chi connectivity index (χ4v) is 2.86. The summed E-state index contributed by atoms with van der Waals surface area (Å²) in [5, 5.41) is 6.03. The Balaban J connectivity index is 1.44. The summed E-state index contributed by atoms with van der Waals surface area (Å²) in [4.78, 5) is 12.4. The summed E-state index contributed by atoms with van der Waals surface area (Å²) < 4.78 is 17.2. The van der Waals surface area contributed by atoms with E-state index in [1.165, 1.54) is 0 Å². The Labute approximate surface area is 189 Å². The van der Waals surface area contributed by atoms with Gasteiger partial charge in [0.05, 0.1) is 18.8 Å². The Morgan fingerprint density at radius 1 is 0.812 bits per heavy atom. The molecule has 0 bridgehead atoms. The first-order valence-corrected chi connectivity index (χ1v) is 10.8. The van der Waals surface area contributed by atoms with E-state index in [4.69, 9.17) is 14.2 Å². The monoisotopic (exact) mass is 434 g/mol. The molecule has 3 rings (SSSR count). The normalized spacial score (nSPS) is 10.5. The zero-order valence-electron chi connectivity index (χ0n) is 18.5. The van der Waals surface area contributed by atoms with Crippen molar-refractivity contribution in [1.82, 2.24) is 0 Å². The summed E-state index contributed by atoms with van der Waals surface area (Å²) in [5.41, 5.74) is 1.46.